The number of halogens is 2. The average Bonchev–Trinajstić information content (AvgIpc) is 2.94. The maximum atomic E-state index is 13.2. The molecule has 2 heterocycles. The van der Waals surface area contributed by atoms with E-state index in [1.807, 2.05) is 24.4 Å². The first kappa shape index (κ1) is 15.2. The van der Waals surface area contributed by atoms with Gasteiger partial charge in [0.1, 0.15) is 5.82 Å². The molecule has 5 heteroatoms. The number of aromatic nitrogens is 1. The molecule has 0 aliphatic heterocycles. The van der Waals surface area contributed by atoms with Crippen LogP contribution in [-0.2, 0) is 6.54 Å². The van der Waals surface area contributed by atoms with Crippen LogP contribution in [0, 0.1) is 5.82 Å². The highest BCUT2D eigenvalue weighted by Crippen LogP contribution is 2.38. The van der Waals surface area contributed by atoms with Crippen molar-refractivity contribution in [2.24, 2.45) is 0 Å². The van der Waals surface area contributed by atoms with Crippen molar-refractivity contribution < 1.29 is 4.39 Å². The van der Waals surface area contributed by atoms with Crippen LogP contribution in [0.4, 0.5) is 4.39 Å². The van der Waals surface area contributed by atoms with E-state index in [2.05, 4.69) is 15.9 Å². The first-order chi connectivity index (χ1) is 10.6. The topological polar surface area (TPSA) is 22.0 Å². The summed E-state index contributed by atoms with van der Waals surface area (Å²) in [6.07, 6.45) is 0. The van der Waals surface area contributed by atoms with Gasteiger partial charge in [0.15, 0.2) is 0 Å². The first-order valence-electron chi connectivity index (χ1n) is 6.85. The fourth-order valence-electron chi connectivity index (χ4n) is 2.52. The normalized spacial score (nSPS) is 10.9. The Morgan fingerprint density at radius 3 is 2.41 bits per heavy atom. The highest BCUT2D eigenvalue weighted by molar-refractivity contribution is 9.11. The zero-order chi connectivity index (χ0) is 15.7. The molecule has 3 aromatic rings. The third-order valence-corrected chi connectivity index (χ3v) is 5.21. The summed E-state index contributed by atoms with van der Waals surface area (Å²) in [6, 6.07) is 11.7. The molecule has 0 saturated carbocycles. The monoisotopic (exact) mass is 377 g/mol. The average molecular weight is 378 g/mol. The highest BCUT2D eigenvalue weighted by Gasteiger charge is 2.15. The van der Waals surface area contributed by atoms with E-state index >= 15 is 0 Å². The summed E-state index contributed by atoms with van der Waals surface area (Å²) in [5.41, 5.74) is 3.58. The van der Waals surface area contributed by atoms with Crippen molar-refractivity contribution in [3.8, 4) is 22.4 Å². The summed E-state index contributed by atoms with van der Waals surface area (Å²) in [4.78, 5) is 12.2. The molecule has 3 rings (SSSR count). The molecule has 0 bridgehead atoms. The molecule has 1 aromatic carbocycles. The van der Waals surface area contributed by atoms with Crippen molar-refractivity contribution >= 4 is 27.3 Å². The number of nitrogens with zero attached hydrogens (tertiary/aromatic N) is 1. The highest BCUT2D eigenvalue weighted by atomic mass is 79.9. The lowest BCUT2D eigenvalue weighted by Gasteiger charge is -2.16. The van der Waals surface area contributed by atoms with Crippen molar-refractivity contribution in [2.75, 3.05) is 0 Å². The summed E-state index contributed by atoms with van der Waals surface area (Å²) in [7, 11) is 0. The molecule has 112 valence electrons. The van der Waals surface area contributed by atoms with Gasteiger partial charge >= 0.3 is 0 Å². The van der Waals surface area contributed by atoms with Crippen molar-refractivity contribution in [1.82, 2.24) is 4.57 Å². The number of pyridine rings is 1. The standard InChI is InChI=1S/C17H13BrFNOS/c1-2-20-15(21)8-7-13(14-9-10-22-17(14)18)16(20)11-3-5-12(19)6-4-11/h3-10H,2H2,1H3. The third-order valence-electron chi connectivity index (χ3n) is 3.53. The van der Waals surface area contributed by atoms with Gasteiger partial charge in [0.2, 0.25) is 0 Å². The molecule has 0 unspecified atom stereocenters. The lowest BCUT2D eigenvalue weighted by Crippen LogP contribution is -2.20. The Kier molecular flexibility index (Phi) is 4.27. The summed E-state index contributed by atoms with van der Waals surface area (Å²) in [5.74, 6) is -0.289. The number of hydrogen-bond acceptors (Lipinski definition) is 2. The number of rotatable bonds is 3. The molecule has 0 N–H and O–H groups in total. The predicted octanol–water partition coefficient (Wildman–Crippen LogP) is 5.17. The van der Waals surface area contributed by atoms with E-state index in [4.69, 9.17) is 0 Å². The van der Waals surface area contributed by atoms with Crippen LogP contribution in [0.3, 0.4) is 0 Å². The molecule has 0 fully saturated rings. The van der Waals surface area contributed by atoms with Crippen molar-refractivity contribution in [1.29, 1.82) is 0 Å². The second kappa shape index (κ2) is 6.18. The molecular formula is C17H13BrFNOS. The Labute approximate surface area is 140 Å². The van der Waals surface area contributed by atoms with Gasteiger partial charge in [-0.1, -0.05) is 0 Å². The Morgan fingerprint density at radius 2 is 1.82 bits per heavy atom. The van der Waals surface area contributed by atoms with Crippen LogP contribution in [-0.4, -0.2) is 4.57 Å². The van der Waals surface area contributed by atoms with E-state index in [0.29, 0.717) is 6.54 Å². The van der Waals surface area contributed by atoms with E-state index < -0.39 is 0 Å². The van der Waals surface area contributed by atoms with Gasteiger partial charge in [-0.15, -0.1) is 11.3 Å². The van der Waals surface area contributed by atoms with Crippen LogP contribution < -0.4 is 5.56 Å². The minimum Gasteiger partial charge on any atom is -0.308 e. The summed E-state index contributed by atoms with van der Waals surface area (Å²) in [6.45, 7) is 2.49. The molecule has 2 aromatic heterocycles. The van der Waals surface area contributed by atoms with E-state index in [1.54, 1.807) is 34.1 Å². The van der Waals surface area contributed by atoms with Gasteiger partial charge in [0.25, 0.3) is 5.56 Å². The number of thiophene rings is 1. The zero-order valence-electron chi connectivity index (χ0n) is 11.8. The molecule has 2 nitrogen and oxygen atoms in total. The van der Waals surface area contributed by atoms with Gasteiger partial charge in [-0.3, -0.25) is 4.79 Å². The Bertz CT molecular complexity index is 867. The molecule has 0 radical (unpaired) electrons. The fourth-order valence-corrected chi connectivity index (χ4v) is 3.81. The Balaban J connectivity index is 2.34. The number of benzene rings is 1. The quantitative estimate of drug-likeness (QED) is 0.617. The Morgan fingerprint density at radius 1 is 1.09 bits per heavy atom. The van der Waals surface area contributed by atoms with Gasteiger partial charge in [-0.2, -0.15) is 0 Å². The van der Waals surface area contributed by atoms with Gasteiger partial charge in [0, 0.05) is 23.7 Å². The molecule has 0 atom stereocenters. The van der Waals surface area contributed by atoms with Gasteiger partial charge < -0.3 is 4.57 Å². The molecular weight excluding hydrogens is 365 g/mol. The molecule has 0 aliphatic carbocycles. The van der Waals surface area contributed by atoms with Crippen LogP contribution >= 0.6 is 27.3 Å². The molecule has 0 amide bonds. The third kappa shape index (κ3) is 2.66. The smallest absolute Gasteiger partial charge is 0.251 e. The molecule has 0 saturated heterocycles. The van der Waals surface area contributed by atoms with Crippen LogP contribution in [0.25, 0.3) is 22.4 Å². The molecule has 0 spiro atoms. The number of hydrogen-bond donors (Lipinski definition) is 0. The second-order valence-corrected chi connectivity index (χ2v) is 7.03. The molecule has 0 aliphatic rings. The van der Waals surface area contributed by atoms with E-state index in [-0.39, 0.29) is 11.4 Å². The van der Waals surface area contributed by atoms with Crippen molar-refractivity contribution in [2.45, 2.75) is 13.5 Å². The van der Waals surface area contributed by atoms with Gasteiger partial charge in [0.05, 0.1) is 9.48 Å². The second-order valence-electron chi connectivity index (χ2n) is 4.79. The van der Waals surface area contributed by atoms with Crippen LogP contribution in [0.1, 0.15) is 6.92 Å². The van der Waals surface area contributed by atoms with Crippen molar-refractivity contribution in [3.63, 3.8) is 0 Å². The lowest BCUT2D eigenvalue weighted by molar-refractivity contribution is 0.628. The largest absolute Gasteiger partial charge is 0.308 e. The maximum absolute atomic E-state index is 13.2. The van der Waals surface area contributed by atoms with Crippen LogP contribution in [0.15, 0.2) is 56.4 Å². The maximum Gasteiger partial charge on any atom is 0.251 e. The SMILES string of the molecule is CCn1c(-c2ccc(F)cc2)c(-c2ccsc2Br)ccc1=O. The zero-order valence-corrected chi connectivity index (χ0v) is 14.2. The lowest BCUT2D eigenvalue weighted by atomic mass is 10.0. The van der Waals surface area contributed by atoms with E-state index in [0.717, 1.165) is 26.2 Å². The summed E-state index contributed by atoms with van der Waals surface area (Å²) in [5, 5.41) is 2.00. The predicted molar refractivity (Wildman–Crippen MR) is 92.8 cm³/mol. The van der Waals surface area contributed by atoms with Gasteiger partial charge in [-0.05, 0) is 70.2 Å². The Hall–Kier alpha value is -1.72. The minimum atomic E-state index is -0.289. The first-order valence-corrected chi connectivity index (χ1v) is 8.52. The summed E-state index contributed by atoms with van der Waals surface area (Å²) >= 11 is 5.15. The van der Waals surface area contributed by atoms with E-state index in [1.165, 1.54) is 12.1 Å². The molecule has 22 heavy (non-hydrogen) atoms. The fraction of sp³-hybridized carbons (Fsp3) is 0.118. The summed E-state index contributed by atoms with van der Waals surface area (Å²) < 4.78 is 16.0. The van der Waals surface area contributed by atoms with Crippen molar-refractivity contribution in [3.05, 3.63) is 67.8 Å². The van der Waals surface area contributed by atoms with Gasteiger partial charge in [-0.25, -0.2) is 4.39 Å². The van der Waals surface area contributed by atoms with E-state index in [9.17, 15) is 9.18 Å². The minimum absolute atomic E-state index is 0.0584. The van der Waals surface area contributed by atoms with Crippen LogP contribution in [0.2, 0.25) is 0 Å². The van der Waals surface area contributed by atoms with Crippen LogP contribution in [0.5, 0.6) is 0 Å².